The van der Waals surface area contributed by atoms with Crippen LogP contribution in [0.3, 0.4) is 0 Å². The minimum atomic E-state index is -0.155. The van der Waals surface area contributed by atoms with Gasteiger partial charge < -0.3 is 16.0 Å². The van der Waals surface area contributed by atoms with E-state index in [1.807, 2.05) is 0 Å². The van der Waals surface area contributed by atoms with Gasteiger partial charge in [0.05, 0.1) is 6.20 Å². The summed E-state index contributed by atoms with van der Waals surface area (Å²) in [4.78, 5) is 14.3. The molecule has 1 aliphatic rings. The maximum Gasteiger partial charge on any atom is 0.256 e. The van der Waals surface area contributed by atoms with Crippen molar-refractivity contribution >= 4 is 11.7 Å². The Bertz CT molecular complexity index is 417. The monoisotopic (exact) mass is 265 g/mol. The van der Waals surface area contributed by atoms with E-state index in [1.165, 1.54) is 32.0 Å². The van der Waals surface area contributed by atoms with Crippen molar-refractivity contribution in [3.8, 4) is 0 Å². The number of nitrogens with two attached hydrogens (primary N) is 1. The van der Waals surface area contributed by atoms with E-state index < -0.39 is 0 Å². The zero-order valence-corrected chi connectivity index (χ0v) is 11.5. The first-order chi connectivity index (χ1) is 9.18. The van der Waals surface area contributed by atoms with Crippen LogP contribution in [0.1, 0.15) is 43.0 Å². The number of nitrogen functional groups attached to an aromatic ring is 1. The van der Waals surface area contributed by atoms with Crippen LogP contribution in [0.15, 0.2) is 6.20 Å². The van der Waals surface area contributed by atoms with E-state index in [2.05, 4.69) is 27.3 Å². The number of hydrogen-bond acceptors (Lipinski definition) is 4. The summed E-state index contributed by atoms with van der Waals surface area (Å²) in [5, 5.41) is 9.17. The molecule has 1 unspecified atom stereocenters. The number of nitrogens with zero attached hydrogens (tertiary/aromatic N) is 2. The lowest BCUT2D eigenvalue weighted by molar-refractivity contribution is 0.0950. The molecule has 1 atom stereocenters. The Morgan fingerprint density at radius 3 is 3.16 bits per heavy atom. The molecule has 2 rings (SSSR count). The molecule has 2 heterocycles. The SMILES string of the molecule is CC1CCCCN1CCCNC(=O)c1cn[nH]c1N. The van der Waals surface area contributed by atoms with Gasteiger partial charge in [0.25, 0.3) is 5.91 Å². The third-order valence-electron chi connectivity index (χ3n) is 3.76. The molecule has 1 aromatic heterocycles. The Labute approximate surface area is 113 Å². The maximum absolute atomic E-state index is 11.8. The smallest absolute Gasteiger partial charge is 0.256 e. The number of aromatic nitrogens is 2. The lowest BCUT2D eigenvalue weighted by Crippen LogP contribution is -2.39. The Morgan fingerprint density at radius 1 is 1.63 bits per heavy atom. The van der Waals surface area contributed by atoms with Crippen molar-refractivity contribution in [2.45, 2.75) is 38.6 Å². The minimum Gasteiger partial charge on any atom is -0.383 e. The average molecular weight is 265 g/mol. The highest BCUT2D eigenvalue weighted by Gasteiger charge is 2.17. The molecule has 1 fully saturated rings. The molecule has 4 N–H and O–H groups in total. The number of hydrogen-bond donors (Lipinski definition) is 3. The lowest BCUT2D eigenvalue weighted by Gasteiger charge is -2.33. The van der Waals surface area contributed by atoms with Gasteiger partial charge in [-0.25, -0.2) is 0 Å². The van der Waals surface area contributed by atoms with Gasteiger partial charge in [-0.05, 0) is 32.7 Å². The number of likely N-dealkylation sites (tertiary alicyclic amines) is 1. The summed E-state index contributed by atoms with van der Waals surface area (Å²) < 4.78 is 0. The number of aromatic amines is 1. The minimum absolute atomic E-state index is 0.155. The number of nitrogens with one attached hydrogen (secondary N) is 2. The number of H-pyrrole nitrogens is 1. The molecule has 19 heavy (non-hydrogen) atoms. The second kappa shape index (κ2) is 6.56. The third-order valence-corrected chi connectivity index (χ3v) is 3.76. The normalized spacial score (nSPS) is 20.4. The van der Waals surface area contributed by atoms with E-state index in [4.69, 9.17) is 5.73 Å². The number of carbonyl (C=O) groups is 1. The second-order valence-electron chi connectivity index (χ2n) is 5.19. The lowest BCUT2D eigenvalue weighted by atomic mass is 10.0. The first-order valence-corrected chi connectivity index (χ1v) is 6.99. The van der Waals surface area contributed by atoms with Gasteiger partial charge in [0, 0.05) is 19.1 Å². The van der Waals surface area contributed by atoms with E-state index in [0.717, 1.165) is 13.0 Å². The van der Waals surface area contributed by atoms with E-state index in [1.54, 1.807) is 0 Å². The number of carbonyl (C=O) groups excluding carboxylic acids is 1. The predicted molar refractivity (Wildman–Crippen MR) is 74.8 cm³/mol. The zero-order chi connectivity index (χ0) is 13.7. The molecule has 0 bridgehead atoms. The van der Waals surface area contributed by atoms with Crippen LogP contribution in [0.25, 0.3) is 0 Å². The Hall–Kier alpha value is -1.56. The summed E-state index contributed by atoms with van der Waals surface area (Å²) in [7, 11) is 0. The number of amides is 1. The Kier molecular flexibility index (Phi) is 4.79. The van der Waals surface area contributed by atoms with E-state index in [-0.39, 0.29) is 5.91 Å². The number of rotatable bonds is 5. The van der Waals surface area contributed by atoms with Crippen molar-refractivity contribution in [3.63, 3.8) is 0 Å². The molecule has 6 heteroatoms. The van der Waals surface area contributed by atoms with Crippen molar-refractivity contribution in [1.29, 1.82) is 0 Å². The van der Waals surface area contributed by atoms with Crippen molar-refractivity contribution in [2.75, 3.05) is 25.4 Å². The molecule has 1 saturated heterocycles. The first kappa shape index (κ1) is 13.9. The summed E-state index contributed by atoms with van der Waals surface area (Å²) >= 11 is 0. The highest BCUT2D eigenvalue weighted by Crippen LogP contribution is 2.16. The molecule has 0 spiro atoms. The van der Waals surface area contributed by atoms with Crippen LogP contribution in [0, 0.1) is 0 Å². The standard InChI is InChI=1S/C13H23N5O/c1-10-5-2-3-7-18(10)8-4-6-15-13(19)11-9-16-17-12(11)14/h9-10H,2-8H2,1H3,(H,15,19)(H3,14,16,17). The Morgan fingerprint density at radius 2 is 2.47 bits per heavy atom. The number of piperidine rings is 1. The molecular formula is C13H23N5O. The van der Waals surface area contributed by atoms with Crippen LogP contribution in [-0.2, 0) is 0 Å². The highest BCUT2D eigenvalue weighted by molar-refractivity contribution is 5.97. The molecule has 0 radical (unpaired) electrons. The molecule has 0 aliphatic carbocycles. The fraction of sp³-hybridized carbons (Fsp3) is 0.692. The zero-order valence-electron chi connectivity index (χ0n) is 11.5. The van der Waals surface area contributed by atoms with Gasteiger partial charge in [0.15, 0.2) is 0 Å². The van der Waals surface area contributed by atoms with Gasteiger partial charge in [-0.1, -0.05) is 6.42 Å². The summed E-state index contributed by atoms with van der Waals surface area (Å²) in [5.74, 6) is 0.167. The summed E-state index contributed by atoms with van der Waals surface area (Å²) in [6, 6.07) is 0.675. The van der Waals surface area contributed by atoms with E-state index in [9.17, 15) is 4.79 Å². The van der Waals surface area contributed by atoms with Crippen LogP contribution in [0.4, 0.5) is 5.82 Å². The fourth-order valence-electron chi connectivity index (χ4n) is 2.55. The summed E-state index contributed by atoms with van der Waals surface area (Å²) in [6.07, 6.45) is 6.35. The van der Waals surface area contributed by atoms with Crippen molar-refractivity contribution in [1.82, 2.24) is 20.4 Å². The molecule has 6 nitrogen and oxygen atoms in total. The van der Waals surface area contributed by atoms with Gasteiger partial charge in [0.2, 0.25) is 0 Å². The summed E-state index contributed by atoms with van der Waals surface area (Å²) in [6.45, 7) is 5.18. The molecule has 0 saturated carbocycles. The topological polar surface area (TPSA) is 87.0 Å². The van der Waals surface area contributed by atoms with Crippen LogP contribution in [-0.4, -0.2) is 46.7 Å². The largest absolute Gasteiger partial charge is 0.383 e. The maximum atomic E-state index is 11.8. The fourth-order valence-corrected chi connectivity index (χ4v) is 2.55. The van der Waals surface area contributed by atoms with Crippen molar-refractivity contribution < 1.29 is 4.79 Å². The van der Waals surface area contributed by atoms with E-state index >= 15 is 0 Å². The van der Waals surface area contributed by atoms with E-state index in [0.29, 0.717) is 24.0 Å². The van der Waals surface area contributed by atoms with Crippen molar-refractivity contribution in [3.05, 3.63) is 11.8 Å². The Balaban J connectivity index is 1.67. The van der Waals surface area contributed by atoms with Gasteiger partial charge in [-0.15, -0.1) is 0 Å². The van der Waals surface area contributed by atoms with Gasteiger partial charge in [-0.2, -0.15) is 5.10 Å². The average Bonchev–Trinajstić information content (AvgIpc) is 2.82. The molecule has 106 valence electrons. The van der Waals surface area contributed by atoms with Crippen LogP contribution in [0.5, 0.6) is 0 Å². The van der Waals surface area contributed by atoms with Crippen LogP contribution < -0.4 is 11.1 Å². The van der Waals surface area contributed by atoms with Gasteiger partial charge in [-0.3, -0.25) is 9.89 Å². The molecular weight excluding hydrogens is 242 g/mol. The summed E-state index contributed by atoms with van der Waals surface area (Å²) in [5.41, 5.74) is 6.02. The van der Waals surface area contributed by atoms with Crippen molar-refractivity contribution in [2.24, 2.45) is 0 Å². The first-order valence-electron chi connectivity index (χ1n) is 6.99. The second-order valence-corrected chi connectivity index (χ2v) is 5.19. The van der Waals surface area contributed by atoms with Crippen LogP contribution >= 0.6 is 0 Å². The molecule has 1 amide bonds. The quantitative estimate of drug-likeness (QED) is 0.693. The van der Waals surface area contributed by atoms with Gasteiger partial charge in [0.1, 0.15) is 11.4 Å². The third kappa shape index (κ3) is 3.70. The van der Waals surface area contributed by atoms with Crippen LogP contribution in [0.2, 0.25) is 0 Å². The predicted octanol–water partition coefficient (Wildman–Crippen LogP) is 0.986. The highest BCUT2D eigenvalue weighted by atomic mass is 16.1. The molecule has 1 aliphatic heterocycles. The van der Waals surface area contributed by atoms with Gasteiger partial charge >= 0.3 is 0 Å². The molecule has 1 aromatic rings. The number of anilines is 1. The molecule has 0 aromatic carbocycles.